The number of alkyl halides is 3. The van der Waals surface area contributed by atoms with Gasteiger partial charge in [-0.2, -0.15) is 13.2 Å². The average Bonchev–Trinajstić information content (AvgIpc) is 3.14. The molecule has 0 unspecified atom stereocenters. The fraction of sp³-hybridized carbons (Fsp3) is 0.150. The van der Waals surface area contributed by atoms with Gasteiger partial charge < -0.3 is 14.5 Å². The number of hydrogen-bond donors (Lipinski definition) is 1. The molecule has 1 aromatic heterocycles. The van der Waals surface area contributed by atoms with Crippen LogP contribution in [0.25, 0.3) is 0 Å². The minimum atomic E-state index is -4.47. The first-order valence-electron chi connectivity index (χ1n) is 8.33. The molecule has 9 heteroatoms. The smallest absolute Gasteiger partial charge is 0.416 e. The third-order valence-corrected chi connectivity index (χ3v) is 3.86. The lowest BCUT2D eigenvalue weighted by Crippen LogP contribution is -2.22. The standard InChI is InChI=1S/C20H14F5NO3/c21-14-4-6-17(16(22)9-14)28-11-15-5-7-18(29-15)19(27)26-10-12-2-1-3-13(8-12)20(23,24)25/h1-9H,10-11H2,(H,26,27). The van der Waals surface area contributed by atoms with E-state index in [0.717, 1.165) is 24.3 Å². The zero-order chi connectivity index (χ0) is 21.0. The summed E-state index contributed by atoms with van der Waals surface area (Å²) in [7, 11) is 0. The predicted octanol–water partition coefficient (Wildman–Crippen LogP) is 5.09. The molecule has 0 aliphatic rings. The van der Waals surface area contributed by atoms with E-state index in [9.17, 15) is 26.7 Å². The first-order chi connectivity index (χ1) is 13.7. The van der Waals surface area contributed by atoms with Gasteiger partial charge in [-0.1, -0.05) is 12.1 Å². The molecular weight excluding hydrogens is 397 g/mol. The molecule has 152 valence electrons. The lowest BCUT2D eigenvalue weighted by Gasteiger charge is -2.09. The highest BCUT2D eigenvalue weighted by Crippen LogP contribution is 2.29. The quantitative estimate of drug-likeness (QED) is 0.576. The second-order valence-electron chi connectivity index (χ2n) is 6.01. The van der Waals surface area contributed by atoms with E-state index in [4.69, 9.17) is 9.15 Å². The molecule has 1 heterocycles. The second kappa shape index (κ2) is 8.34. The van der Waals surface area contributed by atoms with Gasteiger partial charge in [0.1, 0.15) is 18.2 Å². The number of ether oxygens (including phenoxy) is 1. The summed E-state index contributed by atoms with van der Waals surface area (Å²) in [6.45, 7) is -0.334. The van der Waals surface area contributed by atoms with Crippen molar-refractivity contribution in [2.75, 3.05) is 0 Å². The lowest BCUT2D eigenvalue weighted by molar-refractivity contribution is -0.137. The summed E-state index contributed by atoms with van der Waals surface area (Å²) in [6, 6.07) is 10.2. The normalized spacial score (nSPS) is 11.3. The van der Waals surface area contributed by atoms with Crippen molar-refractivity contribution in [3.63, 3.8) is 0 Å². The van der Waals surface area contributed by atoms with E-state index in [0.29, 0.717) is 6.07 Å². The van der Waals surface area contributed by atoms with E-state index >= 15 is 0 Å². The number of hydrogen-bond acceptors (Lipinski definition) is 3. The fourth-order valence-electron chi connectivity index (χ4n) is 2.45. The van der Waals surface area contributed by atoms with E-state index in [1.54, 1.807) is 0 Å². The van der Waals surface area contributed by atoms with Gasteiger partial charge in [-0.05, 0) is 42.0 Å². The van der Waals surface area contributed by atoms with Gasteiger partial charge in [-0.25, -0.2) is 8.78 Å². The van der Waals surface area contributed by atoms with Crippen LogP contribution in [0.2, 0.25) is 0 Å². The summed E-state index contributed by atoms with van der Waals surface area (Å²) < 4.78 is 75.0. The number of rotatable bonds is 6. The Bertz CT molecular complexity index is 1010. The Labute approximate surface area is 161 Å². The van der Waals surface area contributed by atoms with Gasteiger partial charge in [0.25, 0.3) is 5.91 Å². The number of halogens is 5. The van der Waals surface area contributed by atoms with Gasteiger partial charge in [0.15, 0.2) is 17.3 Å². The maximum absolute atomic E-state index is 13.5. The summed E-state index contributed by atoms with van der Waals surface area (Å²) in [6.07, 6.45) is -4.47. The Morgan fingerprint density at radius 1 is 1.03 bits per heavy atom. The van der Waals surface area contributed by atoms with E-state index < -0.39 is 29.3 Å². The largest absolute Gasteiger partial charge is 0.483 e. The summed E-state index contributed by atoms with van der Waals surface area (Å²) >= 11 is 0. The van der Waals surface area contributed by atoms with Gasteiger partial charge in [0, 0.05) is 12.6 Å². The highest BCUT2D eigenvalue weighted by molar-refractivity contribution is 5.91. The van der Waals surface area contributed by atoms with Gasteiger partial charge in [0.05, 0.1) is 5.56 Å². The number of benzene rings is 2. The Morgan fingerprint density at radius 2 is 1.83 bits per heavy atom. The average molecular weight is 411 g/mol. The summed E-state index contributed by atoms with van der Waals surface area (Å²) in [5, 5.41) is 2.45. The first-order valence-corrected chi connectivity index (χ1v) is 8.33. The van der Waals surface area contributed by atoms with Crippen molar-refractivity contribution in [1.29, 1.82) is 0 Å². The van der Waals surface area contributed by atoms with Crippen LogP contribution in [-0.2, 0) is 19.3 Å². The van der Waals surface area contributed by atoms with E-state index in [2.05, 4.69) is 5.32 Å². The van der Waals surface area contributed by atoms with Crippen molar-refractivity contribution >= 4 is 5.91 Å². The first kappa shape index (κ1) is 20.4. The minimum absolute atomic E-state index is 0.0878. The van der Waals surface area contributed by atoms with Crippen LogP contribution in [-0.4, -0.2) is 5.91 Å². The number of furan rings is 1. The van der Waals surface area contributed by atoms with Crippen LogP contribution < -0.4 is 10.1 Å². The van der Waals surface area contributed by atoms with Crippen LogP contribution in [0.4, 0.5) is 22.0 Å². The zero-order valence-electron chi connectivity index (χ0n) is 14.7. The van der Waals surface area contributed by atoms with Crippen molar-refractivity contribution in [2.24, 2.45) is 0 Å². The van der Waals surface area contributed by atoms with E-state index in [1.165, 1.54) is 24.3 Å². The fourth-order valence-corrected chi connectivity index (χ4v) is 2.45. The van der Waals surface area contributed by atoms with Crippen molar-refractivity contribution in [2.45, 2.75) is 19.3 Å². The molecular formula is C20H14F5NO3. The number of carbonyl (C=O) groups is 1. The Morgan fingerprint density at radius 3 is 2.55 bits per heavy atom. The van der Waals surface area contributed by atoms with Crippen LogP contribution in [0.15, 0.2) is 59.0 Å². The summed E-state index contributed by atoms with van der Waals surface area (Å²) in [4.78, 5) is 12.1. The van der Waals surface area contributed by atoms with Crippen molar-refractivity contribution in [3.8, 4) is 5.75 Å². The molecule has 0 saturated heterocycles. The number of amides is 1. The second-order valence-corrected chi connectivity index (χ2v) is 6.01. The molecule has 0 aliphatic carbocycles. The molecule has 0 atom stereocenters. The molecule has 3 rings (SSSR count). The molecule has 2 aromatic carbocycles. The SMILES string of the molecule is O=C(NCc1cccc(C(F)(F)F)c1)c1ccc(COc2ccc(F)cc2F)o1. The minimum Gasteiger partial charge on any atom is -0.483 e. The van der Waals surface area contributed by atoms with E-state index in [1.807, 2.05) is 0 Å². The van der Waals surface area contributed by atoms with Crippen LogP contribution in [0.5, 0.6) is 5.75 Å². The lowest BCUT2D eigenvalue weighted by atomic mass is 10.1. The Hall–Kier alpha value is -3.36. The molecule has 3 aromatic rings. The third-order valence-electron chi connectivity index (χ3n) is 3.86. The van der Waals surface area contributed by atoms with Crippen molar-refractivity contribution in [1.82, 2.24) is 5.32 Å². The van der Waals surface area contributed by atoms with Gasteiger partial charge in [0.2, 0.25) is 0 Å². The topological polar surface area (TPSA) is 51.5 Å². The van der Waals surface area contributed by atoms with Gasteiger partial charge >= 0.3 is 6.18 Å². The Kier molecular flexibility index (Phi) is 5.86. The zero-order valence-corrected chi connectivity index (χ0v) is 14.7. The van der Waals surface area contributed by atoms with Crippen LogP contribution >= 0.6 is 0 Å². The van der Waals surface area contributed by atoms with Crippen LogP contribution in [0.3, 0.4) is 0 Å². The molecule has 1 N–H and O–H groups in total. The van der Waals surface area contributed by atoms with Crippen LogP contribution in [0, 0.1) is 11.6 Å². The highest BCUT2D eigenvalue weighted by atomic mass is 19.4. The maximum atomic E-state index is 13.5. The monoisotopic (exact) mass is 411 g/mol. The molecule has 1 amide bonds. The van der Waals surface area contributed by atoms with Gasteiger partial charge in [-0.15, -0.1) is 0 Å². The molecule has 0 bridgehead atoms. The highest BCUT2D eigenvalue weighted by Gasteiger charge is 2.30. The molecule has 0 aliphatic heterocycles. The maximum Gasteiger partial charge on any atom is 0.416 e. The molecule has 4 nitrogen and oxygen atoms in total. The molecule has 0 saturated carbocycles. The Balaban J connectivity index is 1.57. The number of carbonyl (C=O) groups excluding carboxylic acids is 1. The van der Waals surface area contributed by atoms with E-state index in [-0.39, 0.29) is 36.0 Å². The molecule has 0 fully saturated rings. The van der Waals surface area contributed by atoms with Crippen molar-refractivity contribution < 1.29 is 35.9 Å². The molecule has 0 spiro atoms. The van der Waals surface area contributed by atoms with Crippen molar-refractivity contribution in [3.05, 3.63) is 88.9 Å². The van der Waals surface area contributed by atoms with Gasteiger partial charge in [-0.3, -0.25) is 4.79 Å². The van der Waals surface area contributed by atoms with Crippen LogP contribution in [0.1, 0.15) is 27.4 Å². The number of nitrogens with one attached hydrogen (secondary N) is 1. The molecule has 29 heavy (non-hydrogen) atoms. The third kappa shape index (κ3) is 5.34. The summed E-state index contributed by atoms with van der Waals surface area (Å²) in [5.41, 5.74) is -0.537. The molecule has 0 radical (unpaired) electrons. The summed E-state index contributed by atoms with van der Waals surface area (Å²) in [5.74, 6) is -2.32. The predicted molar refractivity (Wildman–Crippen MR) is 92.0 cm³/mol.